The molecule has 1 N–H and O–H groups in total. The predicted molar refractivity (Wildman–Crippen MR) is 92.4 cm³/mol. The topological polar surface area (TPSA) is 38.3 Å². The lowest BCUT2D eigenvalue weighted by atomic mass is 9.69. The summed E-state index contributed by atoms with van der Waals surface area (Å²) < 4.78 is 5.82. The fourth-order valence-electron chi connectivity index (χ4n) is 4.66. The minimum absolute atomic E-state index is 0.00100. The van der Waals surface area contributed by atoms with Gasteiger partial charge in [0.25, 0.3) is 5.91 Å². The van der Waals surface area contributed by atoms with Crippen LogP contribution in [0.25, 0.3) is 0 Å². The van der Waals surface area contributed by atoms with E-state index in [0.29, 0.717) is 5.41 Å². The van der Waals surface area contributed by atoms with Gasteiger partial charge in [0, 0.05) is 6.04 Å². The predicted octanol–water partition coefficient (Wildman–Crippen LogP) is 4.09. The van der Waals surface area contributed by atoms with Gasteiger partial charge in [0.2, 0.25) is 0 Å². The van der Waals surface area contributed by atoms with Crippen molar-refractivity contribution in [3.63, 3.8) is 0 Å². The van der Waals surface area contributed by atoms with E-state index in [2.05, 4.69) is 26.1 Å². The van der Waals surface area contributed by atoms with E-state index in [-0.39, 0.29) is 17.4 Å². The average molecular weight is 315 g/mol. The van der Waals surface area contributed by atoms with Crippen LogP contribution in [0, 0.1) is 23.7 Å². The Morgan fingerprint density at radius 3 is 2.65 bits per heavy atom. The number of rotatable bonds is 4. The van der Waals surface area contributed by atoms with E-state index >= 15 is 0 Å². The average Bonchev–Trinajstić information content (AvgIpc) is 2.80. The second-order valence-corrected chi connectivity index (χ2v) is 8.25. The summed E-state index contributed by atoms with van der Waals surface area (Å²) in [6.45, 7) is 10.9. The Bertz CT molecular complexity index is 609. The van der Waals surface area contributed by atoms with Crippen molar-refractivity contribution >= 4 is 5.91 Å². The zero-order chi connectivity index (χ0) is 16.8. The van der Waals surface area contributed by atoms with Gasteiger partial charge in [0.05, 0.1) is 0 Å². The molecule has 2 saturated carbocycles. The third kappa shape index (κ3) is 2.64. The molecule has 126 valence electrons. The number of nitrogens with one attached hydrogen (secondary N) is 1. The van der Waals surface area contributed by atoms with E-state index in [4.69, 9.17) is 4.74 Å². The van der Waals surface area contributed by atoms with Crippen molar-refractivity contribution in [2.24, 2.45) is 16.7 Å². The minimum atomic E-state index is -0.470. The SMILES string of the molecule is Cc1cccc(O[C@@H](C)C(=O)N[C@H]2C[C@@H]3CC[C@@]2(C)C3(C)C)c1. The van der Waals surface area contributed by atoms with Crippen LogP contribution in [-0.2, 0) is 4.79 Å². The molecule has 2 aliphatic rings. The first kappa shape index (κ1) is 16.4. The maximum absolute atomic E-state index is 12.6. The normalized spacial score (nSPS) is 32.6. The quantitative estimate of drug-likeness (QED) is 0.908. The monoisotopic (exact) mass is 315 g/mol. The number of benzene rings is 1. The van der Waals surface area contributed by atoms with Crippen molar-refractivity contribution in [3.05, 3.63) is 29.8 Å². The fraction of sp³-hybridized carbons (Fsp3) is 0.650. The highest BCUT2D eigenvalue weighted by Crippen LogP contribution is 2.65. The van der Waals surface area contributed by atoms with Crippen LogP contribution in [0.3, 0.4) is 0 Å². The van der Waals surface area contributed by atoms with Crippen molar-refractivity contribution in [1.29, 1.82) is 0 Å². The van der Waals surface area contributed by atoms with Crippen LogP contribution in [0.5, 0.6) is 5.75 Å². The summed E-state index contributed by atoms with van der Waals surface area (Å²) in [6, 6.07) is 8.11. The number of aryl methyl sites for hydroxylation is 1. The molecule has 1 aromatic carbocycles. The minimum Gasteiger partial charge on any atom is -0.481 e. The second-order valence-electron chi connectivity index (χ2n) is 8.25. The molecule has 4 atom stereocenters. The number of carbonyl (C=O) groups is 1. The molecule has 3 heteroatoms. The lowest BCUT2D eigenvalue weighted by Gasteiger charge is -2.39. The van der Waals surface area contributed by atoms with Crippen LogP contribution in [0.4, 0.5) is 0 Å². The molecule has 0 saturated heterocycles. The Kier molecular flexibility index (Phi) is 3.94. The molecule has 23 heavy (non-hydrogen) atoms. The largest absolute Gasteiger partial charge is 0.481 e. The lowest BCUT2D eigenvalue weighted by Crippen LogP contribution is -2.50. The molecule has 0 heterocycles. The number of amides is 1. The summed E-state index contributed by atoms with van der Waals surface area (Å²) >= 11 is 0. The zero-order valence-electron chi connectivity index (χ0n) is 15.0. The van der Waals surface area contributed by atoms with Crippen LogP contribution in [0.2, 0.25) is 0 Å². The van der Waals surface area contributed by atoms with Gasteiger partial charge in [-0.3, -0.25) is 4.79 Å². The molecule has 0 spiro atoms. The van der Waals surface area contributed by atoms with Crippen molar-refractivity contribution in [2.45, 2.75) is 66.0 Å². The first-order valence-corrected chi connectivity index (χ1v) is 8.78. The van der Waals surface area contributed by atoms with Crippen molar-refractivity contribution in [1.82, 2.24) is 5.32 Å². The van der Waals surface area contributed by atoms with Gasteiger partial charge in [-0.05, 0) is 67.6 Å². The van der Waals surface area contributed by atoms with Gasteiger partial charge in [-0.15, -0.1) is 0 Å². The summed E-state index contributed by atoms with van der Waals surface area (Å²) in [5.74, 6) is 1.49. The molecule has 1 amide bonds. The maximum atomic E-state index is 12.6. The fourth-order valence-corrected chi connectivity index (χ4v) is 4.66. The van der Waals surface area contributed by atoms with Crippen molar-refractivity contribution < 1.29 is 9.53 Å². The van der Waals surface area contributed by atoms with Gasteiger partial charge in [-0.2, -0.15) is 0 Å². The number of fused-ring (bicyclic) bond motifs is 2. The highest BCUT2D eigenvalue weighted by Gasteiger charge is 2.61. The summed E-state index contributed by atoms with van der Waals surface area (Å²) in [4.78, 5) is 12.6. The van der Waals surface area contributed by atoms with Crippen LogP contribution in [0.1, 0.15) is 52.5 Å². The summed E-state index contributed by atoms with van der Waals surface area (Å²) in [7, 11) is 0. The van der Waals surface area contributed by atoms with Crippen molar-refractivity contribution in [2.75, 3.05) is 0 Å². The molecule has 3 nitrogen and oxygen atoms in total. The molecular weight excluding hydrogens is 286 g/mol. The van der Waals surface area contributed by atoms with E-state index < -0.39 is 6.10 Å². The zero-order valence-corrected chi connectivity index (χ0v) is 15.0. The number of ether oxygens (including phenoxy) is 1. The van der Waals surface area contributed by atoms with Crippen LogP contribution in [0.15, 0.2) is 24.3 Å². The first-order valence-electron chi connectivity index (χ1n) is 8.78. The molecule has 2 fully saturated rings. The highest BCUT2D eigenvalue weighted by molar-refractivity contribution is 5.81. The lowest BCUT2D eigenvalue weighted by molar-refractivity contribution is -0.129. The van der Waals surface area contributed by atoms with Gasteiger partial charge in [0.1, 0.15) is 5.75 Å². The van der Waals surface area contributed by atoms with E-state index in [1.165, 1.54) is 12.8 Å². The molecule has 1 aromatic rings. The molecule has 2 bridgehead atoms. The van der Waals surface area contributed by atoms with Crippen molar-refractivity contribution in [3.8, 4) is 5.75 Å². The van der Waals surface area contributed by atoms with Crippen LogP contribution in [-0.4, -0.2) is 18.1 Å². The Morgan fingerprint density at radius 2 is 2.09 bits per heavy atom. The molecule has 0 aliphatic heterocycles. The highest BCUT2D eigenvalue weighted by atomic mass is 16.5. The first-order chi connectivity index (χ1) is 10.7. The summed E-state index contributed by atoms with van der Waals surface area (Å²) in [6.07, 6.45) is 3.14. The second kappa shape index (κ2) is 5.54. The van der Waals surface area contributed by atoms with E-state index in [9.17, 15) is 4.79 Å². The van der Waals surface area contributed by atoms with Crippen LogP contribution >= 0.6 is 0 Å². The molecule has 0 aromatic heterocycles. The smallest absolute Gasteiger partial charge is 0.261 e. The Hall–Kier alpha value is -1.51. The van der Waals surface area contributed by atoms with Gasteiger partial charge in [-0.25, -0.2) is 0 Å². The van der Waals surface area contributed by atoms with Gasteiger partial charge in [-0.1, -0.05) is 32.9 Å². The molecular formula is C20H29NO2. The summed E-state index contributed by atoms with van der Waals surface area (Å²) in [5.41, 5.74) is 1.65. The van der Waals surface area contributed by atoms with Gasteiger partial charge in [0.15, 0.2) is 6.10 Å². The number of hydrogen-bond acceptors (Lipinski definition) is 2. The summed E-state index contributed by atoms with van der Waals surface area (Å²) in [5, 5.41) is 3.28. The van der Waals surface area contributed by atoms with Crippen LogP contribution < -0.4 is 10.1 Å². The molecule has 0 radical (unpaired) electrons. The molecule has 0 unspecified atom stereocenters. The maximum Gasteiger partial charge on any atom is 0.261 e. The number of carbonyl (C=O) groups excluding carboxylic acids is 1. The standard InChI is InChI=1S/C20H29NO2/c1-13-7-6-8-16(11-13)23-14(2)18(22)21-17-12-15-9-10-20(17,5)19(15,3)4/h6-8,11,14-15,17H,9-10,12H2,1-5H3,(H,21,22)/t14-,15-,17-,20+/m0/s1. The Balaban J connectivity index is 1.64. The molecule has 2 aliphatic carbocycles. The Labute approximate surface area is 139 Å². The third-order valence-electron chi connectivity index (χ3n) is 6.78. The Morgan fingerprint density at radius 1 is 1.35 bits per heavy atom. The number of hydrogen-bond donors (Lipinski definition) is 1. The van der Waals surface area contributed by atoms with E-state index in [0.717, 1.165) is 23.7 Å². The van der Waals surface area contributed by atoms with E-state index in [1.807, 2.05) is 38.1 Å². The van der Waals surface area contributed by atoms with Gasteiger partial charge >= 0.3 is 0 Å². The van der Waals surface area contributed by atoms with Gasteiger partial charge < -0.3 is 10.1 Å². The van der Waals surface area contributed by atoms with E-state index in [1.54, 1.807) is 0 Å². The third-order valence-corrected chi connectivity index (χ3v) is 6.78. The molecule has 3 rings (SSSR count).